The Labute approximate surface area is 106 Å². The molecule has 1 N–H and O–H groups in total. The molecule has 2 aliphatic heterocycles. The first kappa shape index (κ1) is 13.3. The monoisotopic (exact) mass is 240 g/mol. The Kier molecular flexibility index (Phi) is 4.45. The van der Waals surface area contributed by atoms with E-state index < -0.39 is 0 Å². The van der Waals surface area contributed by atoms with Crippen LogP contribution in [0.15, 0.2) is 0 Å². The summed E-state index contributed by atoms with van der Waals surface area (Å²) in [5, 5.41) is 3.53. The van der Waals surface area contributed by atoms with Crippen LogP contribution in [0.5, 0.6) is 0 Å². The van der Waals surface area contributed by atoms with E-state index in [-0.39, 0.29) is 0 Å². The number of nitrogens with zero attached hydrogens (tertiary/aromatic N) is 1. The van der Waals surface area contributed by atoms with E-state index in [0.29, 0.717) is 11.5 Å². The molecule has 2 fully saturated rings. The van der Waals surface area contributed by atoms with Crippen LogP contribution in [-0.4, -0.2) is 49.8 Å². The Morgan fingerprint density at radius 3 is 2.94 bits per heavy atom. The first-order valence-electron chi connectivity index (χ1n) is 7.20. The lowest BCUT2D eigenvalue weighted by Gasteiger charge is -2.45. The Bertz CT molecular complexity index is 242. The highest BCUT2D eigenvalue weighted by Crippen LogP contribution is 2.30. The van der Waals surface area contributed by atoms with Gasteiger partial charge in [0.05, 0.1) is 6.10 Å². The fourth-order valence-electron chi connectivity index (χ4n) is 3.29. The molecule has 0 aliphatic carbocycles. The van der Waals surface area contributed by atoms with Gasteiger partial charge in [-0.05, 0) is 31.2 Å². The van der Waals surface area contributed by atoms with Gasteiger partial charge in [-0.15, -0.1) is 0 Å². The predicted molar refractivity (Wildman–Crippen MR) is 71.3 cm³/mol. The molecule has 100 valence electrons. The molecule has 2 atom stereocenters. The summed E-state index contributed by atoms with van der Waals surface area (Å²) in [6.07, 6.45) is 4.06. The van der Waals surface area contributed by atoms with Crippen molar-refractivity contribution in [2.45, 2.75) is 52.2 Å². The smallest absolute Gasteiger partial charge is 0.0699 e. The second-order valence-corrected chi connectivity index (χ2v) is 6.22. The largest absolute Gasteiger partial charge is 0.377 e. The van der Waals surface area contributed by atoms with E-state index in [1.165, 1.54) is 25.9 Å². The third-order valence-corrected chi connectivity index (χ3v) is 4.35. The van der Waals surface area contributed by atoms with Gasteiger partial charge in [0, 0.05) is 32.3 Å². The molecule has 2 rings (SSSR count). The molecule has 3 heteroatoms. The highest BCUT2D eigenvalue weighted by atomic mass is 16.5. The van der Waals surface area contributed by atoms with E-state index in [0.717, 1.165) is 32.2 Å². The zero-order valence-corrected chi connectivity index (χ0v) is 11.7. The van der Waals surface area contributed by atoms with E-state index in [2.05, 4.69) is 31.0 Å². The van der Waals surface area contributed by atoms with Crippen molar-refractivity contribution in [3.63, 3.8) is 0 Å². The van der Waals surface area contributed by atoms with E-state index in [1.54, 1.807) is 0 Å². The summed E-state index contributed by atoms with van der Waals surface area (Å²) in [7, 11) is 0. The Morgan fingerprint density at radius 2 is 2.24 bits per heavy atom. The molecule has 0 saturated carbocycles. The maximum atomic E-state index is 5.88. The maximum Gasteiger partial charge on any atom is 0.0699 e. The van der Waals surface area contributed by atoms with Gasteiger partial charge in [-0.3, -0.25) is 4.90 Å². The number of hydrogen-bond acceptors (Lipinski definition) is 3. The lowest BCUT2D eigenvalue weighted by molar-refractivity contribution is 0.0178. The molecule has 2 aliphatic rings. The summed E-state index contributed by atoms with van der Waals surface area (Å²) < 4.78 is 5.88. The van der Waals surface area contributed by atoms with Gasteiger partial charge >= 0.3 is 0 Å². The second-order valence-electron chi connectivity index (χ2n) is 6.22. The van der Waals surface area contributed by atoms with Crippen molar-refractivity contribution in [2.75, 3.05) is 32.8 Å². The molecule has 0 bridgehead atoms. The Balaban J connectivity index is 2.03. The van der Waals surface area contributed by atoms with Gasteiger partial charge in [0.25, 0.3) is 0 Å². The molecule has 2 heterocycles. The van der Waals surface area contributed by atoms with E-state index >= 15 is 0 Å². The summed E-state index contributed by atoms with van der Waals surface area (Å²) in [5.41, 5.74) is 0.390. The van der Waals surface area contributed by atoms with Gasteiger partial charge in [0.2, 0.25) is 0 Å². The highest BCUT2D eigenvalue weighted by Gasteiger charge is 2.37. The number of rotatable bonds is 2. The van der Waals surface area contributed by atoms with Gasteiger partial charge < -0.3 is 10.1 Å². The summed E-state index contributed by atoms with van der Waals surface area (Å²) in [6.45, 7) is 12.6. The van der Waals surface area contributed by atoms with Crippen LogP contribution in [0.1, 0.15) is 40.0 Å². The first-order valence-corrected chi connectivity index (χ1v) is 7.20. The van der Waals surface area contributed by atoms with Crippen LogP contribution < -0.4 is 5.32 Å². The minimum atomic E-state index is 0.390. The molecule has 2 saturated heterocycles. The zero-order valence-electron chi connectivity index (χ0n) is 11.7. The maximum absolute atomic E-state index is 5.88. The third kappa shape index (κ3) is 3.21. The molecule has 0 aromatic heterocycles. The lowest BCUT2D eigenvalue weighted by Crippen LogP contribution is -2.55. The van der Waals surface area contributed by atoms with Crippen LogP contribution in [-0.2, 0) is 4.74 Å². The number of ether oxygens (including phenoxy) is 1. The average Bonchev–Trinajstić information content (AvgIpc) is 2.53. The van der Waals surface area contributed by atoms with Crippen LogP contribution in [0.4, 0.5) is 0 Å². The van der Waals surface area contributed by atoms with Crippen LogP contribution in [0.2, 0.25) is 0 Å². The minimum absolute atomic E-state index is 0.390. The highest BCUT2D eigenvalue weighted by molar-refractivity contribution is 4.93. The predicted octanol–water partition coefficient (Wildman–Crippen LogP) is 1.88. The van der Waals surface area contributed by atoms with Crippen molar-refractivity contribution < 1.29 is 4.74 Å². The molecule has 0 aromatic carbocycles. The zero-order chi connectivity index (χ0) is 12.3. The van der Waals surface area contributed by atoms with Crippen molar-refractivity contribution in [3.05, 3.63) is 0 Å². The van der Waals surface area contributed by atoms with Crippen LogP contribution in [0, 0.1) is 5.41 Å². The van der Waals surface area contributed by atoms with Gasteiger partial charge in [-0.1, -0.05) is 20.8 Å². The average molecular weight is 240 g/mol. The standard InChI is InChI=1S/C14H28N2O/c1-4-12-10-16(8-5-9-17-12)13-6-7-15-11-14(13,2)3/h12-13,15H,4-11H2,1-3H3. The van der Waals surface area contributed by atoms with Gasteiger partial charge in [-0.25, -0.2) is 0 Å². The molecule has 17 heavy (non-hydrogen) atoms. The Morgan fingerprint density at radius 1 is 1.41 bits per heavy atom. The van der Waals surface area contributed by atoms with Crippen LogP contribution in [0.25, 0.3) is 0 Å². The third-order valence-electron chi connectivity index (χ3n) is 4.35. The number of nitrogens with one attached hydrogen (secondary N) is 1. The van der Waals surface area contributed by atoms with E-state index in [1.807, 2.05) is 0 Å². The minimum Gasteiger partial charge on any atom is -0.377 e. The molecule has 0 spiro atoms. The van der Waals surface area contributed by atoms with Crippen molar-refractivity contribution in [1.82, 2.24) is 10.2 Å². The number of hydrogen-bond donors (Lipinski definition) is 1. The van der Waals surface area contributed by atoms with Crippen LogP contribution >= 0.6 is 0 Å². The summed E-state index contributed by atoms with van der Waals surface area (Å²) >= 11 is 0. The van der Waals surface area contributed by atoms with Gasteiger partial charge in [0.15, 0.2) is 0 Å². The molecular weight excluding hydrogens is 212 g/mol. The summed E-state index contributed by atoms with van der Waals surface area (Å²) in [4.78, 5) is 2.70. The lowest BCUT2D eigenvalue weighted by atomic mass is 9.79. The van der Waals surface area contributed by atoms with Crippen molar-refractivity contribution in [2.24, 2.45) is 5.41 Å². The SMILES string of the molecule is CCC1CN(C2CCNCC2(C)C)CCCO1. The topological polar surface area (TPSA) is 24.5 Å². The fraction of sp³-hybridized carbons (Fsp3) is 1.00. The first-order chi connectivity index (χ1) is 8.13. The molecule has 0 radical (unpaired) electrons. The van der Waals surface area contributed by atoms with Gasteiger partial charge in [-0.2, -0.15) is 0 Å². The Hall–Kier alpha value is -0.120. The second kappa shape index (κ2) is 5.68. The fourth-order valence-corrected chi connectivity index (χ4v) is 3.29. The molecular formula is C14H28N2O. The van der Waals surface area contributed by atoms with E-state index in [4.69, 9.17) is 4.74 Å². The molecule has 0 amide bonds. The number of piperidine rings is 1. The van der Waals surface area contributed by atoms with Crippen molar-refractivity contribution in [3.8, 4) is 0 Å². The van der Waals surface area contributed by atoms with E-state index in [9.17, 15) is 0 Å². The molecule has 0 aromatic rings. The van der Waals surface area contributed by atoms with Crippen molar-refractivity contribution >= 4 is 0 Å². The molecule has 2 unspecified atom stereocenters. The molecule has 3 nitrogen and oxygen atoms in total. The van der Waals surface area contributed by atoms with Crippen LogP contribution in [0.3, 0.4) is 0 Å². The summed E-state index contributed by atoms with van der Waals surface area (Å²) in [6, 6.07) is 0.722. The normalized spacial score (nSPS) is 35.5. The quantitative estimate of drug-likeness (QED) is 0.797. The van der Waals surface area contributed by atoms with Crippen molar-refractivity contribution in [1.29, 1.82) is 0 Å². The van der Waals surface area contributed by atoms with Gasteiger partial charge in [0.1, 0.15) is 0 Å². The summed E-state index contributed by atoms with van der Waals surface area (Å²) in [5.74, 6) is 0.